The molecule has 0 fully saturated rings. The standard InChI is InChI=1S/C21H22N4O2/c1-3-15-7-5-6-8-19(15)25-20(26)16-13-22-21(23-14-16)24-17-9-11-18(12-10-17)27-4-2/h5-14H,3-4H2,1-2H3,(H,25,26)(H,22,23,24). The van der Waals surface area contributed by atoms with Crippen molar-refractivity contribution in [3.63, 3.8) is 0 Å². The molecule has 6 nitrogen and oxygen atoms in total. The highest BCUT2D eigenvalue weighted by Crippen LogP contribution is 2.19. The molecule has 2 N–H and O–H groups in total. The molecule has 0 aliphatic heterocycles. The van der Waals surface area contributed by atoms with E-state index in [9.17, 15) is 4.79 Å². The molecule has 0 bridgehead atoms. The number of nitrogens with one attached hydrogen (secondary N) is 2. The maximum absolute atomic E-state index is 12.4. The van der Waals surface area contributed by atoms with Crippen LogP contribution in [0.5, 0.6) is 5.75 Å². The van der Waals surface area contributed by atoms with Gasteiger partial charge in [0.1, 0.15) is 5.75 Å². The monoisotopic (exact) mass is 362 g/mol. The first-order valence-corrected chi connectivity index (χ1v) is 8.90. The number of nitrogens with zero attached hydrogens (tertiary/aromatic N) is 2. The number of hydrogen-bond acceptors (Lipinski definition) is 5. The van der Waals surface area contributed by atoms with Gasteiger partial charge in [-0.2, -0.15) is 0 Å². The maximum Gasteiger partial charge on any atom is 0.258 e. The summed E-state index contributed by atoms with van der Waals surface area (Å²) in [6, 6.07) is 15.3. The van der Waals surface area contributed by atoms with E-state index < -0.39 is 0 Å². The number of anilines is 3. The maximum atomic E-state index is 12.4. The van der Waals surface area contributed by atoms with Gasteiger partial charge in [-0.25, -0.2) is 9.97 Å². The number of benzene rings is 2. The fraction of sp³-hybridized carbons (Fsp3) is 0.190. The molecule has 1 aromatic heterocycles. The molecule has 2 aromatic carbocycles. The van der Waals surface area contributed by atoms with Crippen molar-refractivity contribution in [3.05, 3.63) is 72.1 Å². The van der Waals surface area contributed by atoms with Crippen molar-refractivity contribution in [1.29, 1.82) is 0 Å². The molecule has 0 radical (unpaired) electrons. The lowest BCUT2D eigenvalue weighted by atomic mass is 10.1. The number of ether oxygens (including phenoxy) is 1. The number of aryl methyl sites for hydroxylation is 1. The highest BCUT2D eigenvalue weighted by Gasteiger charge is 2.10. The molecule has 0 saturated carbocycles. The van der Waals surface area contributed by atoms with Crippen LogP contribution in [0.1, 0.15) is 29.8 Å². The number of rotatable bonds is 7. The lowest BCUT2D eigenvalue weighted by molar-refractivity contribution is 0.102. The van der Waals surface area contributed by atoms with E-state index in [1.807, 2.05) is 55.5 Å². The van der Waals surface area contributed by atoms with Crippen LogP contribution in [0.15, 0.2) is 60.9 Å². The Morgan fingerprint density at radius 1 is 1.00 bits per heavy atom. The average molecular weight is 362 g/mol. The largest absolute Gasteiger partial charge is 0.494 e. The first-order chi connectivity index (χ1) is 13.2. The molecule has 0 unspecified atom stereocenters. The Labute approximate surface area is 158 Å². The van der Waals surface area contributed by atoms with Crippen molar-refractivity contribution in [2.75, 3.05) is 17.2 Å². The molecule has 0 aliphatic rings. The number of aromatic nitrogens is 2. The van der Waals surface area contributed by atoms with Crippen molar-refractivity contribution in [1.82, 2.24) is 9.97 Å². The van der Waals surface area contributed by atoms with Gasteiger partial charge >= 0.3 is 0 Å². The summed E-state index contributed by atoms with van der Waals surface area (Å²) < 4.78 is 5.41. The average Bonchev–Trinajstić information content (AvgIpc) is 2.70. The minimum atomic E-state index is -0.233. The summed E-state index contributed by atoms with van der Waals surface area (Å²) in [4.78, 5) is 20.9. The molecule has 6 heteroatoms. The predicted octanol–water partition coefficient (Wildman–Crippen LogP) is 4.43. The van der Waals surface area contributed by atoms with Crippen LogP contribution in [0, 0.1) is 0 Å². The van der Waals surface area contributed by atoms with E-state index in [1.54, 1.807) is 0 Å². The van der Waals surface area contributed by atoms with Gasteiger partial charge in [-0.3, -0.25) is 4.79 Å². The Morgan fingerprint density at radius 3 is 2.37 bits per heavy atom. The first kappa shape index (κ1) is 18.4. The van der Waals surface area contributed by atoms with Gasteiger partial charge in [0.25, 0.3) is 5.91 Å². The van der Waals surface area contributed by atoms with Crippen LogP contribution in [-0.2, 0) is 6.42 Å². The number of hydrogen-bond donors (Lipinski definition) is 2. The van der Waals surface area contributed by atoms with E-state index >= 15 is 0 Å². The van der Waals surface area contributed by atoms with Crippen molar-refractivity contribution < 1.29 is 9.53 Å². The molecule has 3 aromatic rings. The van der Waals surface area contributed by atoms with Crippen LogP contribution in [-0.4, -0.2) is 22.5 Å². The van der Waals surface area contributed by atoms with Gasteiger partial charge in [-0.15, -0.1) is 0 Å². The second-order valence-electron chi connectivity index (χ2n) is 5.84. The zero-order valence-corrected chi connectivity index (χ0v) is 15.4. The van der Waals surface area contributed by atoms with Gasteiger partial charge in [-0.05, 0) is 49.2 Å². The molecule has 0 atom stereocenters. The van der Waals surface area contributed by atoms with Crippen molar-refractivity contribution in [2.45, 2.75) is 20.3 Å². The van der Waals surface area contributed by atoms with Gasteiger partial charge in [-0.1, -0.05) is 25.1 Å². The minimum absolute atomic E-state index is 0.233. The van der Waals surface area contributed by atoms with Gasteiger partial charge in [0.15, 0.2) is 0 Å². The molecule has 138 valence electrons. The Balaban J connectivity index is 1.65. The highest BCUT2D eigenvalue weighted by molar-refractivity contribution is 6.04. The third-order valence-electron chi connectivity index (χ3n) is 3.98. The summed E-state index contributed by atoms with van der Waals surface area (Å²) in [6.45, 7) is 4.62. The van der Waals surface area contributed by atoms with Crippen molar-refractivity contribution >= 4 is 23.2 Å². The number of amides is 1. The van der Waals surface area contributed by atoms with Crippen LogP contribution < -0.4 is 15.4 Å². The van der Waals surface area contributed by atoms with Crippen molar-refractivity contribution in [3.8, 4) is 5.75 Å². The summed E-state index contributed by atoms with van der Waals surface area (Å²) >= 11 is 0. The van der Waals surface area contributed by atoms with Gasteiger partial charge in [0.2, 0.25) is 5.95 Å². The third kappa shape index (κ3) is 4.82. The first-order valence-electron chi connectivity index (χ1n) is 8.90. The summed E-state index contributed by atoms with van der Waals surface area (Å²) in [7, 11) is 0. The Hall–Kier alpha value is -3.41. The second-order valence-corrected chi connectivity index (χ2v) is 5.84. The zero-order chi connectivity index (χ0) is 19.1. The van der Waals surface area contributed by atoms with E-state index in [4.69, 9.17) is 4.74 Å². The second kappa shape index (κ2) is 8.80. The summed E-state index contributed by atoms with van der Waals surface area (Å²) in [5.41, 5.74) is 3.13. The Kier molecular flexibility index (Phi) is 5.99. The summed E-state index contributed by atoms with van der Waals surface area (Å²) in [5, 5.41) is 6.01. The molecule has 1 heterocycles. The molecule has 1 amide bonds. The number of para-hydroxylation sites is 1. The minimum Gasteiger partial charge on any atom is -0.494 e. The number of carbonyl (C=O) groups is 1. The molecule has 0 spiro atoms. The van der Waals surface area contributed by atoms with E-state index in [-0.39, 0.29) is 5.91 Å². The molecule has 0 aliphatic carbocycles. The van der Waals surface area contributed by atoms with Crippen molar-refractivity contribution in [2.24, 2.45) is 0 Å². The molecular weight excluding hydrogens is 340 g/mol. The lowest BCUT2D eigenvalue weighted by Crippen LogP contribution is -2.14. The van der Waals surface area contributed by atoms with Gasteiger partial charge in [0, 0.05) is 23.8 Å². The van der Waals surface area contributed by atoms with Crippen LogP contribution >= 0.6 is 0 Å². The topological polar surface area (TPSA) is 76.1 Å². The zero-order valence-electron chi connectivity index (χ0n) is 15.4. The molecular formula is C21H22N4O2. The summed E-state index contributed by atoms with van der Waals surface area (Å²) in [6.07, 6.45) is 3.86. The lowest BCUT2D eigenvalue weighted by Gasteiger charge is -2.10. The van der Waals surface area contributed by atoms with Gasteiger partial charge < -0.3 is 15.4 Å². The molecule has 3 rings (SSSR count). The van der Waals surface area contributed by atoms with E-state index in [1.165, 1.54) is 12.4 Å². The fourth-order valence-corrected chi connectivity index (χ4v) is 2.59. The Morgan fingerprint density at radius 2 is 1.70 bits per heavy atom. The van der Waals surface area contributed by atoms with Crippen LogP contribution in [0.3, 0.4) is 0 Å². The normalized spacial score (nSPS) is 10.3. The van der Waals surface area contributed by atoms with Crippen LogP contribution in [0.25, 0.3) is 0 Å². The smallest absolute Gasteiger partial charge is 0.258 e. The molecule has 0 saturated heterocycles. The predicted molar refractivity (Wildman–Crippen MR) is 107 cm³/mol. The van der Waals surface area contributed by atoms with Crippen LogP contribution in [0.2, 0.25) is 0 Å². The SMILES string of the molecule is CCOc1ccc(Nc2ncc(C(=O)Nc3ccccc3CC)cn2)cc1. The van der Waals surface area contributed by atoms with Gasteiger partial charge in [0.05, 0.1) is 12.2 Å². The van der Waals surface area contributed by atoms with E-state index in [2.05, 4.69) is 27.5 Å². The summed E-state index contributed by atoms with van der Waals surface area (Å²) in [5.74, 6) is 0.997. The molecule has 27 heavy (non-hydrogen) atoms. The highest BCUT2D eigenvalue weighted by atomic mass is 16.5. The Bertz CT molecular complexity index is 893. The van der Waals surface area contributed by atoms with E-state index in [0.717, 1.165) is 29.1 Å². The third-order valence-corrected chi connectivity index (χ3v) is 3.98. The quantitative estimate of drug-likeness (QED) is 0.650. The fourth-order valence-electron chi connectivity index (χ4n) is 2.59. The van der Waals surface area contributed by atoms with Crippen LogP contribution in [0.4, 0.5) is 17.3 Å². The van der Waals surface area contributed by atoms with E-state index in [0.29, 0.717) is 18.1 Å². The number of carbonyl (C=O) groups excluding carboxylic acids is 1.